The van der Waals surface area contributed by atoms with Gasteiger partial charge in [-0.1, -0.05) is 25.8 Å². The van der Waals surface area contributed by atoms with Gasteiger partial charge in [-0.3, -0.25) is 9.78 Å². The number of amides is 1. The molecule has 0 bridgehead atoms. The largest absolute Gasteiger partial charge is 0.349 e. The lowest BCUT2D eigenvalue weighted by Gasteiger charge is -2.11. The number of hydrogen-bond acceptors (Lipinski definition) is 3. The summed E-state index contributed by atoms with van der Waals surface area (Å²) in [5.41, 5.74) is 6.58. The van der Waals surface area contributed by atoms with Gasteiger partial charge in [-0.25, -0.2) is 0 Å². The number of halogens is 1. The van der Waals surface area contributed by atoms with Crippen LogP contribution in [-0.4, -0.2) is 16.9 Å². The molecule has 0 aliphatic rings. The van der Waals surface area contributed by atoms with Gasteiger partial charge in [-0.2, -0.15) is 0 Å². The Hall–Kier alpha value is -1.13. The molecule has 5 heteroatoms. The first-order valence-corrected chi connectivity index (χ1v) is 5.67. The third kappa shape index (κ3) is 6.24. The van der Waals surface area contributed by atoms with Crippen LogP contribution in [0.5, 0.6) is 0 Å². The monoisotopic (exact) mass is 257 g/mol. The third-order valence-corrected chi connectivity index (χ3v) is 2.38. The van der Waals surface area contributed by atoms with E-state index in [1.54, 1.807) is 6.20 Å². The van der Waals surface area contributed by atoms with Crippen molar-refractivity contribution in [1.29, 1.82) is 0 Å². The lowest BCUT2D eigenvalue weighted by molar-refractivity contribution is -0.122. The van der Waals surface area contributed by atoms with Crippen LogP contribution in [0.1, 0.15) is 31.9 Å². The normalized spacial score (nSPS) is 11.4. The first-order chi connectivity index (χ1) is 7.74. The molecular weight excluding hydrogens is 238 g/mol. The number of nitrogens with two attached hydrogens (primary N) is 1. The summed E-state index contributed by atoms with van der Waals surface area (Å²) < 4.78 is 0. The molecule has 17 heavy (non-hydrogen) atoms. The number of rotatable bonds is 6. The molecule has 1 aromatic rings. The van der Waals surface area contributed by atoms with Gasteiger partial charge in [0.15, 0.2) is 0 Å². The van der Waals surface area contributed by atoms with Gasteiger partial charge < -0.3 is 11.1 Å². The number of aromatic nitrogens is 1. The standard InChI is InChI=1S/C12H19N3O.ClH/c1-2-3-7-11(13)12(16)15-9-10-6-4-5-8-14-10;/h4-6,8,11H,2-3,7,9,13H2,1H3,(H,15,16);1H/t11-;/m0./s1. The third-order valence-electron chi connectivity index (χ3n) is 2.38. The van der Waals surface area contributed by atoms with E-state index in [1.165, 1.54) is 0 Å². The molecule has 1 rings (SSSR count). The maximum absolute atomic E-state index is 11.6. The Kier molecular flexibility index (Phi) is 8.36. The van der Waals surface area contributed by atoms with E-state index in [-0.39, 0.29) is 18.3 Å². The van der Waals surface area contributed by atoms with Crippen molar-refractivity contribution in [3.8, 4) is 0 Å². The zero-order valence-corrected chi connectivity index (χ0v) is 10.9. The molecule has 0 aliphatic carbocycles. The predicted octanol–water partition coefficient (Wildman–Crippen LogP) is 1.64. The topological polar surface area (TPSA) is 68.0 Å². The van der Waals surface area contributed by atoms with Crippen molar-refractivity contribution >= 4 is 18.3 Å². The van der Waals surface area contributed by atoms with Gasteiger partial charge in [-0.05, 0) is 18.6 Å². The lowest BCUT2D eigenvalue weighted by Crippen LogP contribution is -2.40. The van der Waals surface area contributed by atoms with E-state index in [0.717, 1.165) is 25.0 Å². The van der Waals surface area contributed by atoms with Crippen molar-refractivity contribution in [3.63, 3.8) is 0 Å². The molecule has 0 saturated carbocycles. The average molecular weight is 258 g/mol. The summed E-state index contributed by atoms with van der Waals surface area (Å²) in [6, 6.07) is 5.21. The van der Waals surface area contributed by atoms with Gasteiger partial charge in [-0.15, -0.1) is 12.4 Å². The minimum atomic E-state index is -0.399. The highest BCUT2D eigenvalue weighted by Gasteiger charge is 2.11. The quantitative estimate of drug-likeness (QED) is 0.814. The molecule has 96 valence electrons. The molecule has 1 amide bonds. The fourth-order valence-electron chi connectivity index (χ4n) is 1.37. The maximum atomic E-state index is 11.6. The molecular formula is C12H20ClN3O. The van der Waals surface area contributed by atoms with E-state index in [1.807, 2.05) is 18.2 Å². The summed E-state index contributed by atoms with van der Waals surface area (Å²) in [6.45, 7) is 2.53. The zero-order valence-electron chi connectivity index (χ0n) is 10.1. The number of nitrogens with one attached hydrogen (secondary N) is 1. The highest BCUT2D eigenvalue weighted by atomic mass is 35.5. The first-order valence-electron chi connectivity index (χ1n) is 5.67. The number of carbonyl (C=O) groups excluding carboxylic acids is 1. The highest BCUT2D eigenvalue weighted by molar-refractivity contribution is 5.85. The van der Waals surface area contributed by atoms with Crippen molar-refractivity contribution in [3.05, 3.63) is 30.1 Å². The van der Waals surface area contributed by atoms with Crippen LogP contribution in [0.25, 0.3) is 0 Å². The molecule has 0 fully saturated rings. The second kappa shape index (κ2) is 8.96. The summed E-state index contributed by atoms with van der Waals surface area (Å²) in [4.78, 5) is 15.7. The van der Waals surface area contributed by atoms with Gasteiger partial charge in [0.25, 0.3) is 0 Å². The first kappa shape index (κ1) is 15.9. The summed E-state index contributed by atoms with van der Waals surface area (Å²) in [5, 5.41) is 2.78. The molecule has 0 unspecified atom stereocenters. The van der Waals surface area contributed by atoms with Gasteiger partial charge >= 0.3 is 0 Å². The van der Waals surface area contributed by atoms with E-state index in [4.69, 9.17) is 5.73 Å². The minimum Gasteiger partial charge on any atom is -0.349 e. The Bertz CT molecular complexity index is 319. The Morgan fingerprint density at radius 2 is 2.29 bits per heavy atom. The van der Waals surface area contributed by atoms with Crippen molar-refractivity contribution in [2.75, 3.05) is 0 Å². The Balaban J connectivity index is 0.00000256. The van der Waals surface area contributed by atoms with Crippen LogP contribution in [0.2, 0.25) is 0 Å². The van der Waals surface area contributed by atoms with Gasteiger partial charge in [0.1, 0.15) is 0 Å². The van der Waals surface area contributed by atoms with Crippen molar-refractivity contribution in [2.24, 2.45) is 5.73 Å². The molecule has 1 aromatic heterocycles. The summed E-state index contributed by atoms with van der Waals surface area (Å²) in [6.07, 6.45) is 4.49. The lowest BCUT2D eigenvalue weighted by atomic mass is 10.1. The summed E-state index contributed by atoms with van der Waals surface area (Å²) >= 11 is 0. The molecule has 1 atom stereocenters. The molecule has 4 nitrogen and oxygen atoms in total. The van der Waals surface area contributed by atoms with E-state index < -0.39 is 6.04 Å². The van der Waals surface area contributed by atoms with Gasteiger partial charge in [0, 0.05) is 6.20 Å². The Labute approximate surface area is 108 Å². The highest BCUT2D eigenvalue weighted by Crippen LogP contribution is 1.99. The molecule has 0 saturated heterocycles. The van der Waals surface area contributed by atoms with E-state index >= 15 is 0 Å². The molecule has 1 heterocycles. The molecule has 3 N–H and O–H groups in total. The Morgan fingerprint density at radius 1 is 1.53 bits per heavy atom. The van der Waals surface area contributed by atoms with Crippen molar-refractivity contribution < 1.29 is 4.79 Å². The minimum absolute atomic E-state index is 0. The number of pyridine rings is 1. The fraction of sp³-hybridized carbons (Fsp3) is 0.500. The van der Waals surface area contributed by atoms with Crippen LogP contribution in [0.4, 0.5) is 0 Å². The van der Waals surface area contributed by atoms with Crippen molar-refractivity contribution in [1.82, 2.24) is 10.3 Å². The van der Waals surface area contributed by atoms with Crippen LogP contribution < -0.4 is 11.1 Å². The van der Waals surface area contributed by atoms with E-state index in [9.17, 15) is 4.79 Å². The van der Waals surface area contributed by atoms with Crippen LogP contribution in [-0.2, 0) is 11.3 Å². The Morgan fingerprint density at radius 3 is 2.88 bits per heavy atom. The van der Waals surface area contributed by atoms with Crippen LogP contribution in [0.3, 0.4) is 0 Å². The van der Waals surface area contributed by atoms with Crippen LogP contribution >= 0.6 is 12.4 Å². The van der Waals surface area contributed by atoms with E-state index in [0.29, 0.717) is 6.54 Å². The molecule has 0 aliphatic heterocycles. The van der Waals surface area contributed by atoms with Crippen LogP contribution in [0, 0.1) is 0 Å². The molecule has 0 spiro atoms. The van der Waals surface area contributed by atoms with Gasteiger partial charge in [0.05, 0.1) is 18.3 Å². The zero-order chi connectivity index (χ0) is 11.8. The average Bonchev–Trinajstić information content (AvgIpc) is 2.34. The number of unbranched alkanes of at least 4 members (excludes halogenated alkanes) is 1. The van der Waals surface area contributed by atoms with E-state index in [2.05, 4.69) is 17.2 Å². The predicted molar refractivity (Wildman–Crippen MR) is 70.8 cm³/mol. The van der Waals surface area contributed by atoms with Gasteiger partial charge in [0.2, 0.25) is 5.91 Å². The summed E-state index contributed by atoms with van der Waals surface area (Å²) in [7, 11) is 0. The smallest absolute Gasteiger partial charge is 0.237 e. The summed E-state index contributed by atoms with van der Waals surface area (Å²) in [5.74, 6) is -0.0981. The fourth-order valence-corrected chi connectivity index (χ4v) is 1.37. The molecule has 0 radical (unpaired) electrons. The second-order valence-corrected chi connectivity index (χ2v) is 3.79. The second-order valence-electron chi connectivity index (χ2n) is 3.79. The van der Waals surface area contributed by atoms with Crippen LogP contribution in [0.15, 0.2) is 24.4 Å². The number of nitrogens with zero attached hydrogens (tertiary/aromatic N) is 1. The maximum Gasteiger partial charge on any atom is 0.237 e. The number of hydrogen-bond donors (Lipinski definition) is 2. The van der Waals surface area contributed by atoms with Crippen molar-refractivity contribution in [2.45, 2.75) is 38.8 Å². The number of carbonyl (C=O) groups is 1. The molecule has 0 aromatic carbocycles. The SMILES string of the molecule is CCCC[C@H](N)C(=O)NCc1ccccn1.Cl.